The summed E-state index contributed by atoms with van der Waals surface area (Å²) < 4.78 is 24.0. The van der Waals surface area contributed by atoms with Crippen LogP contribution < -0.4 is 0 Å². The Balaban J connectivity index is 1.66. The van der Waals surface area contributed by atoms with E-state index in [4.69, 9.17) is 18.9 Å². The highest BCUT2D eigenvalue weighted by Gasteiger charge is 2.91. The Bertz CT molecular complexity index is 814. The van der Waals surface area contributed by atoms with E-state index in [1.54, 1.807) is 28.4 Å². The Hall–Kier alpha value is -0.320. The molecule has 8 nitrogen and oxygen atoms in total. The lowest BCUT2D eigenvalue weighted by atomic mass is 9.42. The number of rotatable bonds is 6. The normalized spacial score (nSPS) is 60.9. The third-order valence-corrected chi connectivity index (χ3v) is 11.5. The highest BCUT2D eigenvalue weighted by molar-refractivity contribution is 5.41. The standard InChI is InChI=1S/C25H41NO7/c1-6-26-11-22(12-30-2)8-7-16(32-4)24-14-9-13-15(31-3)10-23(28,17(14)18(13)33-5)25(29,21(24)26)20(27)19(22)24/h13-21,27-29H,6-12H2,1-5H3/t13-,14-,15+,16+,17-,18+,19-,20+,21+,22+,23-,24+,25+/m1/s1. The molecule has 7 bridgehead atoms. The molecular formula is C25H41NO7. The smallest absolute Gasteiger partial charge is 0.136 e. The molecule has 5 aliphatic carbocycles. The number of likely N-dealkylation sites (N-methyl/N-ethyl adjacent to an activating group) is 1. The summed E-state index contributed by atoms with van der Waals surface area (Å²) in [4.78, 5) is 2.33. The molecule has 1 aliphatic heterocycles. The van der Waals surface area contributed by atoms with Gasteiger partial charge in [-0.2, -0.15) is 0 Å². The van der Waals surface area contributed by atoms with Crippen molar-refractivity contribution in [1.82, 2.24) is 4.90 Å². The summed E-state index contributed by atoms with van der Waals surface area (Å²) in [6, 6.07) is -0.386. The van der Waals surface area contributed by atoms with Crippen molar-refractivity contribution in [2.45, 2.75) is 74.3 Å². The van der Waals surface area contributed by atoms with Crippen LogP contribution in [0.15, 0.2) is 0 Å². The molecule has 1 saturated heterocycles. The average molecular weight is 468 g/mol. The number of hydrogen-bond acceptors (Lipinski definition) is 8. The molecule has 0 aromatic heterocycles. The lowest BCUT2D eigenvalue weighted by Crippen LogP contribution is -2.82. The number of aliphatic hydroxyl groups excluding tert-OH is 1. The number of aliphatic hydroxyl groups is 3. The van der Waals surface area contributed by atoms with Crippen LogP contribution in [0, 0.1) is 34.5 Å². The summed E-state index contributed by atoms with van der Waals surface area (Å²) >= 11 is 0. The minimum absolute atomic E-state index is 0.0563. The first-order chi connectivity index (χ1) is 15.8. The maximum absolute atomic E-state index is 12.8. The fraction of sp³-hybridized carbons (Fsp3) is 1.00. The van der Waals surface area contributed by atoms with Crippen LogP contribution in [-0.4, -0.2) is 110 Å². The van der Waals surface area contributed by atoms with Gasteiger partial charge in [0.25, 0.3) is 0 Å². The molecule has 188 valence electrons. The van der Waals surface area contributed by atoms with E-state index in [1.807, 2.05) is 0 Å². The number of nitrogens with zero attached hydrogens (tertiary/aromatic N) is 1. The first-order valence-corrected chi connectivity index (χ1v) is 12.7. The molecule has 33 heavy (non-hydrogen) atoms. The van der Waals surface area contributed by atoms with Crippen molar-refractivity contribution in [3.63, 3.8) is 0 Å². The SMILES string of the molecule is CCN1C[C@]2(COC)CC[C@H](OC)[C@@]34[C@@H]5C[C@H]6[C@H](OC)[C@@H]5[C@](O)(C[C@@H]6OC)[C@](O)([C@@H](O)[C@H]23)[C@@H]14. The van der Waals surface area contributed by atoms with Gasteiger partial charge in [-0.15, -0.1) is 0 Å². The van der Waals surface area contributed by atoms with E-state index < -0.39 is 22.7 Å². The molecule has 0 aromatic carbocycles. The number of piperidine rings is 1. The van der Waals surface area contributed by atoms with Gasteiger partial charge in [0.05, 0.1) is 37.1 Å². The van der Waals surface area contributed by atoms with E-state index in [0.29, 0.717) is 13.0 Å². The molecular weight excluding hydrogens is 426 g/mol. The molecule has 1 heterocycles. The van der Waals surface area contributed by atoms with Crippen molar-refractivity contribution in [1.29, 1.82) is 0 Å². The molecule has 6 fully saturated rings. The van der Waals surface area contributed by atoms with Crippen molar-refractivity contribution >= 4 is 0 Å². The van der Waals surface area contributed by atoms with Gasteiger partial charge in [-0.05, 0) is 31.7 Å². The fourth-order valence-electron chi connectivity index (χ4n) is 11.0. The zero-order valence-corrected chi connectivity index (χ0v) is 20.6. The van der Waals surface area contributed by atoms with E-state index in [-0.39, 0.29) is 53.4 Å². The Morgan fingerprint density at radius 3 is 2.42 bits per heavy atom. The second-order valence-corrected chi connectivity index (χ2v) is 11.9. The fourth-order valence-corrected chi connectivity index (χ4v) is 11.0. The molecule has 13 atom stereocenters. The third kappa shape index (κ3) is 2.20. The molecule has 3 N–H and O–H groups in total. The number of likely N-dealkylation sites (tertiary alicyclic amines) is 1. The van der Waals surface area contributed by atoms with Crippen molar-refractivity contribution in [3.05, 3.63) is 0 Å². The predicted octanol–water partition coefficient (Wildman–Crippen LogP) is 0.271. The maximum Gasteiger partial charge on any atom is 0.136 e. The summed E-state index contributed by atoms with van der Waals surface area (Å²) in [5.74, 6) is -0.274. The highest BCUT2D eigenvalue weighted by Crippen LogP contribution is 2.80. The van der Waals surface area contributed by atoms with E-state index in [1.165, 1.54) is 0 Å². The minimum Gasteiger partial charge on any atom is -0.390 e. The van der Waals surface area contributed by atoms with E-state index in [9.17, 15) is 15.3 Å². The second-order valence-electron chi connectivity index (χ2n) is 11.9. The number of fused-ring (bicyclic) bond motifs is 2. The number of ether oxygens (including phenoxy) is 4. The Labute approximate surface area is 196 Å². The summed E-state index contributed by atoms with van der Waals surface area (Å²) in [6.45, 7) is 4.12. The van der Waals surface area contributed by atoms with Gasteiger partial charge in [-0.3, -0.25) is 4.90 Å². The van der Waals surface area contributed by atoms with E-state index >= 15 is 0 Å². The Kier molecular flexibility index (Phi) is 4.99. The zero-order valence-electron chi connectivity index (χ0n) is 20.6. The minimum atomic E-state index is -1.70. The molecule has 5 saturated carbocycles. The van der Waals surface area contributed by atoms with Gasteiger partial charge in [0, 0.05) is 70.0 Å². The molecule has 0 radical (unpaired) electrons. The Morgan fingerprint density at radius 2 is 1.82 bits per heavy atom. The van der Waals surface area contributed by atoms with Crippen LogP contribution in [0.4, 0.5) is 0 Å². The quantitative estimate of drug-likeness (QED) is 0.512. The molecule has 0 amide bonds. The molecule has 0 unspecified atom stereocenters. The van der Waals surface area contributed by atoms with Crippen molar-refractivity contribution in [3.8, 4) is 0 Å². The molecule has 6 rings (SSSR count). The Morgan fingerprint density at radius 1 is 1.06 bits per heavy atom. The van der Waals surface area contributed by atoms with Crippen LogP contribution >= 0.6 is 0 Å². The monoisotopic (exact) mass is 467 g/mol. The summed E-state index contributed by atoms with van der Waals surface area (Å²) in [6.07, 6.45) is 1.27. The third-order valence-electron chi connectivity index (χ3n) is 11.5. The lowest BCUT2D eigenvalue weighted by Gasteiger charge is -2.70. The van der Waals surface area contributed by atoms with Gasteiger partial charge in [-0.1, -0.05) is 6.92 Å². The van der Waals surface area contributed by atoms with Crippen molar-refractivity contribution in [2.24, 2.45) is 34.5 Å². The van der Waals surface area contributed by atoms with Gasteiger partial charge in [-0.25, -0.2) is 0 Å². The van der Waals surface area contributed by atoms with Crippen molar-refractivity contribution in [2.75, 3.05) is 48.1 Å². The molecule has 6 aliphatic rings. The zero-order chi connectivity index (χ0) is 23.6. The van der Waals surface area contributed by atoms with Crippen LogP contribution in [0.2, 0.25) is 0 Å². The molecule has 1 spiro atoms. The summed E-state index contributed by atoms with van der Waals surface area (Å²) in [5, 5.41) is 37.5. The molecule has 0 aromatic rings. The van der Waals surface area contributed by atoms with Crippen molar-refractivity contribution < 1.29 is 34.3 Å². The summed E-state index contributed by atoms with van der Waals surface area (Å²) in [5.41, 5.74) is -3.99. The van der Waals surface area contributed by atoms with Gasteiger partial charge in [0.2, 0.25) is 0 Å². The highest BCUT2D eigenvalue weighted by atomic mass is 16.5. The van der Waals surface area contributed by atoms with Gasteiger partial charge in [0.1, 0.15) is 11.2 Å². The largest absolute Gasteiger partial charge is 0.390 e. The number of hydrogen-bond donors (Lipinski definition) is 3. The maximum atomic E-state index is 12.8. The van der Waals surface area contributed by atoms with Crippen LogP contribution in [0.3, 0.4) is 0 Å². The average Bonchev–Trinajstić information content (AvgIpc) is 3.21. The van der Waals surface area contributed by atoms with Gasteiger partial charge < -0.3 is 34.3 Å². The first-order valence-electron chi connectivity index (χ1n) is 12.7. The van der Waals surface area contributed by atoms with Crippen LogP contribution in [0.1, 0.15) is 32.6 Å². The molecule has 8 heteroatoms. The predicted molar refractivity (Wildman–Crippen MR) is 119 cm³/mol. The van der Waals surface area contributed by atoms with Crippen LogP contribution in [-0.2, 0) is 18.9 Å². The number of methoxy groups -OCH3 is 4. The van der Waals surface area contributed by atoms with Crippen LogP contribution in [0.25, 0.3) is 0 Å². The van der Waals surface area contributed by atoms with E-state index in [0.717, 1.165) is 32.4 Å². The second kappa shape index (κ2) is 7.13. The van der Waals surface area contributed by atoms with Gasteiger partial charge in [0.15, 0.2) is 0 Å². The first kappa shape index (κ1) is 23.1. The van der Waals surface area contributed by atoms with E-state index in [2.05, 4.69) is 11.8 Å². The summed E-state index contributed by atoms with van der Waals surface area (Å²) in [7, 11) is 6.88. The van der Waals surface area contributed by atoms with Crippen LogP contribution in [0.5, 0.6) is 0 Å². The topological polar surface area (TPSA) is 101 Å². The van der Waals surface area contributed by atoms with Gasteiger partial charge >= 0.3 is 0 Å². The lowest BCUT2D eigenvalue weighted by molar-refractivity contribution is -0.319.